The average molecular weight is 291 g/mol. The number of benzene rings is 1. The number of aryl methyl sites for hydroxylation is 1. The SMILES string of the molecule is CCCC[C@H](N)C(=O)Nc1cc(C(=O)NCC)ccc1C. The van der Waals surface area contributed by atoms with Crippen LogP contribution in [-0.4, -0.2) is 24.4 Å². The van der Waals surface area contributed by atoms with E-state index in [1.54, 1.807) is 12.1 Å². The molecule has 0 aliphatic carbocycles. The summed E-state index contributed by atoms with van der Waals surface area (Å²) < 4.78 is 0. The number of carbonyl (C=O) groups excluding carboxylic acids is 2. The van der Waals surface area contributed by atoms with Crippen molar-refractivity contribution in [2.75, 3.05) is 11.9 Å². The number of nitrogens with one attached hydrogen (secondary N) is 2. The fraction of sp³-hybridized carbons (Fsp3) is 0.500. The van der Waals surface area contributed by atoms with Crippen LogP contribution in [0.25, 0.3) is 0 Å². The fourth-order valence-electron chi connectivity index (χ4n) is 1.94. The standard InChI is InChI=1S/C16H25N3O2/c1-4-6-7-13(17)16(21)19-14-10-12(9-8-11(14)3)15(20)18-5-2/h8-10,13H,4-7,17H2,1-3H3,(H,18,20)(H,19,21)/t13-/m0/s1. The number of nitrogens with two attached hydrogens (primary N) is 1. The molecular weight excluding hydrogens is 266 g/mol. The summed E-state index contributed by atoms with van der Waals surface area (Å²) in [7, 11) is 0. The Morgan fingerprint density at radius 3 is 2.62 bits per heavy atom. The van der Waals surface area contributed by atoms with Gasteiger partial charge in [-0.2, -0.15) is 0 Å². The molecule has 0 radical (unpaired) electrons. The molecule has 0 aliphatic heterocycles. The molecular formula is C16H25N3O2. The number of carbonyl (C=O) groups is 2. The highest BCUT2D eigenvalue weighted by Gasteiger charge is 2.15. The lowest BCUT2D eigenvalue weighted by molar-refractivity contribution is -0.117. The van der Waals surface area contributed by atoms with Crippen molar-refractivity contribution in [2.24, 2.45) is 5.73 Å². The van der Waals surface area contributed by atoms with Crippen LogP contribution in [0.4, 0.5) is 5.69 Å². The lowest BCUT2D eigenvalue weighted by Gasteiger charge is -2.14. The molecule has 1 atom stereocenters. The molecule has 1 aromatic carbocycles. The van der Waals surface area contributed by atoms with Crippen LogP contribution in [0.2, 0.25) is 0 Å². The molecule has 1 aromatic rings. The highest BCUT2D eigenvalue weighted by atomic mass is 16.2. The van der Waals surface area contributed by atoms with E-state index in [-0.39, 0.29) is 11.8 Å². The fourth-order valence-corrected chi connectivity index (χ4v) is 1.94. The minimum absolute atomic E-state index is 0.150. The molecule has 21 heavy (non-hydrogen) atoms. The first-order chi connectivity index (χ1) is 9.99. The second-order valence-corrected chi connectivity index (χ2v) is 5.13. The Hall–Kier alpha value is -1.88. The Morgan fingerprint density at radius 2 is 2.00 bits per heavy atom. The van der Waals surface area contributed by atoms with Gasteiger partial charge in [-0.3, -0.25) is 9.59 Å². The van der Waals surface area contributed by atoms with Crippen molar-refractivity contribution < 1.29 is 9.59 Å². The van der Waals surface area contributed by atoms with Crippen LogP contribution in [0, 0.1) is 6.92 Å². The van der Waals surface area contributed by atoms with Crippen LogP contribution in [-0.2, 0) is 4.79 Å². The summed E-state index contributed by atoms with van der Waals surface area (Å²) in [5, 5.41) is 5.55. The molecule has 0 unspecified atom stereocenters. The third kappa shape index (κ3) is 5.19. The summed E-state index contributed by atoms with van der Waals surface area (Å²) in [4.78, 5) is 23.9. The van der Waals surface area contributed by atoms with E-state index in [2.05, 4.69) is 17.6 Å². The smallest absolute Gasteiger partial charge is 0.251 e. The predicted octanol–water partition coefficient (Wildman–Crippen LogP) is 2.20. The second-order valence-electron chi connectivity index (χ2n) is 5.13. The number of hydrogen-bond donors (Lipinski definition) is 3. The Morgan fingerprint density at radius 1 is 1.29 bits per heavy atom. The summed E-state index contributed by atoms with van der Waals surface area (Å²) in [6.45, 7) is 6.37. The molecule has 2 amide bonds. The number of amides is 2. The summed E-state index contributed by atoms with van der Waals surface area (Å²) >= 11 is 0. The Labute approximate surface area is 126 Å². The average Bonchev–Trinajstić information content (AvgIpc) is 2.47. The maximum atomic E-state index is 12.0. The summed E-state index contributed by atoms with van der Waals surface area (Å²) in [6.07, 6.45) is 2.59. The molecule has 0 spiro atoms. The maximum Gasteiger partial charge on any atom is 0.251 e. The maximum absolute atomic E-state index is 12.0. The molecule has 116 valence electrons. The van der Waals surface area contributed by atoms with Crippen LogP contribution in [0.5, 0.6) is 0 Å². The van der Waals surface area contributed by atoms with Crippen molar-refractivity contribution in [3.05, 3.63) is 29.3 Å². The largest absolute Gasteiger partial charge is 0.352 e. The van der Waals surface area contributed by atoms with E-state index < -0.39 is 6.04 Å². The molecule has 5 nitrogen and oxygen atoms in total. The van der Waals surface area contributed by atoms with Crippen LogP contribution >= 0.6 is 0 Å². The van der Waals surface area contributed by atoms with Gasteiger partial charge in [0.25, 0.3) is 5.91 Å². The van der Waals surface area contributed by atoms with Crippen LogP contribution < -0.4 is 16.4 Å². The normalized spacial score (nSPS) is 11.8. The lowest BCUT2D eigenvalue weighted by Crippen LogP contribution is -2.35. The van der Waals surface area contributed by atoms with E-state index in [1.165, 1.54) is 0 Å². The molecule has 0 heterocycles. The third-order valence-corrected chi connectivity index (χ3v) is 3.30. The molecule has 0 bridgehead atoms. The number of hydrogen-bond acceptors (Lipinski definition) is 3. The molecule has 4 N–H and O–H groups in total. The second kappa shape index (κ2) is 8.42. The Balaban J connectivity index is 2.80. The van der Waals surface area contributed by atoms with E-state index in [1.807, 2.05) is 19.9 Å². The monoisotopic (exact) mass is 291 g/mol. The van der Waals surface area contributed by atoms with E-state index in [9.17, 15) is 9.59 Å². The van der Waals surface area contributed by atoms with Gasteiger partial charge in [-0.15, -0.1) is 0 Å². The third-order valence-electron chi connectivity index (χ3n) is 3.30. The topological polar surface area (TPSA) is 84.2 Å². The number of unbranched alkanes of at least 4 members (excludes halogenated alkanes) is 1. The zero-order valence-electron chi connectivity index (χ0n) is 13.0. The molecule has 0 saturated heterocycles. The van der Waals surface area contributed by atoms with Gasteiger partial charge >= 0.3 is 0 Å². The highest BCUT2D eigenvalue weighted by molar-refractivity contribution is 5.99. The molecule has 0 aliphatic rings. The predicted molar refractivity (Wildman–Crippen MR) is 85.3 cm³/mol. The van der Waals surface area contributed by atoms with Crippen molar-refractivity contribution in [1.29, 1.82) is 0 Å². The van der Waals surface area contributed by atoms with Crippen molar-refractivity contribution in [3.8, 4) is 0 Å². The van der Waals surface area contributed by atoms with Gasteiger partial charge in [0.15, 0.2) is 0 Å². The van der Waals surface area contributed by atoms with Gasteiger partial charge < -0.3 is 16.4 Å². The van der Waals surface area contributed by atoms with Crippen LogP contribution in [0.3, 0.4) is 0 Å². The zero-order chi connectivity index (χ0) is 15.8. The minimum atomic E-state index is -0.516. The van der Waals surface area contributed by atoms with Gasteiger partial charge in [-0.05, 0) is 38.0 Å². The first-order valence-corrected chi connectivity index (χ1v) is 7.44. The molecule has 1 rings (SSSR count). The molecule has 5 heteroatoms. The van der Waals surface area contributed by atoms with Crippen LogP contribution in [0.1, 0.15) is 49.0 Å². The van der Waals surface area contributed by atoms with Gasteiger partial charge in [0, 0.05) is 17.8 Å². The van der Waals surface area contributed by atoms with Gasteiger partial charge in [0.2, 0.25) is 5.91 Å². The van der Waals surface area contributed by atoms with E-state index in [4.69, 9.17) is 5.73 Å². The highest BCUT2D eigenvalue weighted by Crippen LogP contribution is 2.17. The van der Waals surface area contributed by atoms with Crippen LogP contribution in [0.15, 0.2) is 18.2 Å². The van der Waals surface area contributed by atoms with Crippen molar-refractivity contribution in [1.82, 2.24) is 5.32 Å². The molecule has 0 fully saturated rings. The van der Waals surface area contributed by atoms with Crippen molar-refractivity contribution >= 4 is 17.5 Å². The molecule has 0 aromatic heterocycles. The number of anilines is 1. The Kier molecular flexibility index (Phi) is 6.88. The first-order valence-electron chi connectivity index (χ1n) is 7.44. The lowest BCUT2D eigenvalue weighted by atomic mass is 10.1. The van der Waals surface area contributed by atoms with Gasteiger partial charge in [0.05, 0.1) is 6.04 Å². The van der Waals surface area contributed by atoms with Crippen molar-refractivity contribution in [3.63, 3.8) is 0 Å². The summed E-state index contributed by atoms with van der Waals surface area (Å²) in [5.74, 6) is -0.358. The quantitative estimate of drug-likeness (QED) is 0.720. The van der Waals surface area contributed by atoms with E-state index in [0.29, 0.717) is 24.2 Å². The van der Waals surface area contributed by atoms with Gasteiger partial charge in [-0.25, -0.2) is 0 Å². The number of rotatable bonds is 7. The van der Waals surface area contributed by atoms with E-state index in [0.717, 1.165) is 18.4 Å². The minimum Gasteiger partial charge on any atom is -0.352 e. The first kappa shape index (κ1) is 17.2. The van der Waals surface area contributed by atoms with Crippen molar-refractivity contribution in [2.45, 2.75) is 46.1 Å². The Bertz CT molecular complexity index is 500. The van der Waals surface area contributed by atoms with Gasteiger partial charge in [0.1, 0.15) is 0 Å². The van der Waals surface area contributed by atoms with Gasteiger partial charge in [-0.1, -0.05) is 25.8 Å². The summed E-state index contributed by atoms with van der Waals surface area (Å²) in [5.41, 5.74) is 7.92. The summed E-state index contributed by atoms with van der Waals surface area (Å²) in [6, 6.07) is 4.73. The zero-order valence-corrected chi connectivity index (χ0v) is 13.0. The molecule has 0 saturated carbocycles. The van der Waals surface area contributed by atoms with E-state index >= 15 is 0 Å².